The van der Waals surface area contributed by atoms with Gasteiger partial charge < -0.3 is 20.6 Å². The predicted octanol–water partition coefficient (Wildman–Crippen LogP) is 11.7. The van der Waals surface area contributed by atoms with Gasteiger partial charge in [-0.05, 0) is 32.1 Å². The standard InChI is InChI=1S/C42H83NO4/c1-3-5-7-9-11-13-14-15-16-17-18-19-20-21-22-23-24-25-26-27-28-29-31-32-34-36-40(45)39(38-44)43-42(47)41(46)37-35-33-30-12-10-8-6-4-2/h30,33,39-41,44-46H,3-29,31-32,34-38H2,1-2H3,(H,43,47)/b33-30-. The minimum Gasteiger partial charge on any atom is -0.394 e. The van der Waals surface area contributed by atoms with Gasteiger partial charge in [-0.25, -0.2) is 0 Å². The number of carbonyl (C=O) groups is 1. The van der Waals surface area contributed by atoms with E-state index < -0.39 is 24.2 Å². The Morgan fingerprint density at radius 3 is 1.21 bits per heavy atom. The van der Waals surface area contributed by atoms with Gasteiger partial charge in [0.05, 0.1) is 18.8 Å². The molecule has 280 valence electrons. The molecule has 5 nitrogen and oxygen atoms in total. The van der Waals surface area contributed by atoms with Gasteiger partial charge in [-0.1, -0.05) is 206 Å². The van der Waals surface area contributed by atoms with Crippen LogP contribution in [0, 0.1) is 0 Å². The molecule has 0 aliphatic rings. The van der Waals surface area contributed by atoms with Gasteiger partial charge in [-0.3, -0.25) is 4.79 Å². The summed E-state index contributed by atoms with van der Waals surface area (Å²) in [6.45, 7) is 4.17. The quantitative estimate of drug-likeness (QED) is 0.0390. The highest BCUT2D eigenvalue weighted by Crippen LogP contribution is 2.16. The summed E-state index contributed by atoms with van der Waals surface area (Å²) in [6.07, 6.45) is 43.9. The van der Waals surface area contributed by atoms with Crippen LogP contribution < -0.4 is 5.32 Å². The minimum absolute atomic E-state index is 0.323. The van der Waals surface area contributed by atoms with E-state index in [1.807, 2.05) is 6.08 Å². The van der Waals surface area contributed by atoms with Crippen molar-refractivity contribution in [2.45, 2.75) is 244 Å². The molecule has 0 aliphatic carbocycles. The number of carbonyl (C=O) groups excluding carboxylic acids is 1. The third-order valence-electron chi connectivity index (χ3n) is 9.89. The molecule has 0 saturated carbocycles. The number of aliphatic hydroxyl groups is 3. The maximum Gasteiger partial charge on any atom is 0.249 e. The van der Waals surface area contributed by atoms with Gasteiger partial charge in [0, 0.05) is 0 Å². The SMILES string of the molecule is CCCCCC/C=C\CCC(O)C(=O)NC(CO)C(O)CCCCCCCCCCCCCCCCCCCCCCCCCCC. The first-order valence-electron chi connectivity index (χ1n) is 21.0. The number of aliphatic hydroxyl groups excluding tert-OH is 3. The van der Waals surface area contributed by atoms with Crippen LogP contribution in [0.3, 0.4) is 0 Å². The fourth-order valence-electron chi connectivity index (χ4n) is 6.55. The second kappa shape index (κ2) is 37.9. The fraction of sp³-hybridized carbons (Fsp3) is 0.929. The Kier molecular flexibility index (Phi) is 37.2. The Hall–Kier alpha value is -0.910. The largest absolute Gasteiger partial charge is 0.394 e. The first-order valence-corrected chi connectivity index (χ1v) is 21.0. The monoisotopic (exact) mass is 666 g/mol. The average molecular weight is 666 g/mol. The lowest BCUT2D eigenvalue weighted by Crippen LogP contribution is -2.49. The van der Waals surface area contributed by atoms with Crippen LogP contribution in [0.25, 0.3) is 0 Å². The van der Waals surface area contributed by atoms with Crippen molar-refractivity contribution in [1.29, 1.82) is 0 Å². The summed E-state index contributed by atoms with van der Waals surface area (Å²) in [5.41, 5.74) is 0. The minimum atomic E-state index is -1.12. The van der Waals surface area contributed by atoms with Gasteiger partial charge in [0.15, 0.2) is 0 Å². The summed E-state index contributed by atoms with van der Waals surface area (Å²) in [5, 5.41) is 33.0. The van der Waals surface area contributed by atoms with Crippen LogP contribution in [0.15, 0.2) is 12.2 Å². The van der Waals surface area contributed by atoms with Gasteiger partial charge in [0.1, 0.15) is 6.10 Å². The Labute approximate surface area is 293 Å². The molecule has 5 heteroatoms. The summed E-state index contributed by atoms with van der Waals surface area (Å²) in [4.78, 5) is 12.3. The molecular weight excluding hydrogens is 582 g/mol. The lowest BCUT2D eigenvalue weighted by atomic mass is 10.0. The Morgan fingerprint density at radius 2 is 0.830 bits per heavy atom. The van der Waals surface area contributed by atoms with Gasteiger partial charge >= 0.3 is 0 Å². The highest BCUT2D eigenvalue weighted by molar-refractivity contribution is 5.80. The zero-order chi connectivity index (χ0) is 34.5. The first-order chi connectivity index (χ1) is 23.1. The van der Waals surface area contributed by atoms with E-state index in [2.05, 4.69) is 25.2 Å². The van der Waals surface area contributed by atoms with Gasteiger partial charge in [-0.2, -0.15) is 0 Å². The molecule has 3 unspecified atom stereocenters. The van der Waals surface area contributed by atoms with Crippen molar-refractivity contribution in [3.05, 3.63) is 12.2 Å². The Bertz CT molecular complexity index is 655. The number of nitrogens with one attached hydrogen (secondary N) is 1. The highest BCUT2D eigenvalue weighted by Gasteiger charge is 2.23. The molecule has 1 amide bonds. The highest BCUT2D eigenvalue weighted by atomic mass is 16.3. The molecule has 0 radical (unpaired) electrons. The molecule has 47 heavy (non-hydrogen) atoms. The van der Waals surface area contributed by atoms with Crippen molar-refractivity contribution in [1.82, 2.24) is 5.32 Å². The van der Waals surface area contributed by atoms with Crippen LogP contribution in [0.5, 0.6) is 0 Å². The van der Waals surface area contributed by atoms with Crippen molar-refractivity contribution in [3.63, 3.8) is 0 Å². The molecule has 3 atom stereocenters. The molecular formula is C42H83NO4. The molecule has 0 saturated heterocycles. The van der Waals surface area contributed by atoms with Crippen LogP contribution in [-0.2, 0) is 4.79 Å². The molecule has 0 fully saturated rings. The van der Waals surface area contributed by atoms with Crippen molar-refractivity contribution < 1.29 is 20.1 Å². The van der Waals surface area contributed by atoms with Crippen LogP contribution in [0.2, 0.25) is 0 Å². The molecule has 4 N–H and O–H groups in total. The van der Waals surface area contributed by atoms with E-state index in [4.69, 9.17) is 0 Å². The second-order valence-electron chi connectivity index (χ2n) is 14.6. The summed E-state index contributed by atoms with van der Waals surface area (Å²) in [6, 6.07) is -0.722. The van der Waals surface area contributed by atoms with E-state index in [-0.39, 0.29) is 6.61 Å². The number of amides is 1. The third kappa shape index (κ3) is 33.4. The fourth-order valence-corrected chi connectivity index (χ4v) is 6.55. The van der Waals surface area contributed by atoms with Crippen LogP contribution in [0.1, 0.15) is 226 Å². The van der Waals surface area contributed by atoms with Crippen LogP contribution in [0.4, 0.5) is 0 Å². The normalized spacial score (nSPS) is 13.7. The zero-order valence-electron chi connectivity index (χ0n) is 31.7. The Morgan fingerprint density at radius 1 is 0.489 bits per heavy atom. The van der Waals surface area contributed by atoms with Crippen molar-refractivity contribution in [3.8, 4) is 0 Å². The Balaban J connectivity index is 3.51. The van der Waals surface area contributed by atoms with Gasteiger partial charge in [-0.15, -0.1) is 0 Å². The predicted molar refractivity (Wildman–Crippen MR) is 204 cm³/mol. The van der Waals surface area contributed by atoms with Crippen molar-refractivity contribution >= 4 is 5.91 Å². The smallest absolute Gasteiger partial charge is 0.249 e. The topological polar surface area (TPSA) is 89.8 Å². The molecule has 0 aliphatic heterocycles. The van der Waals surface area contributed by atoms with Gasteiger partial charge in [0.2, 0.25) is 5.91 Å². The van der Waals surface area contributed by atoms with E-state index in [0.29, 0.717) is 19.3 Å². The zero-order valence-corrected chi connectivity index (χ0v) is 31.7. The first kappa shape index (κ1) is 46.1. The molecule has 0 rings (SSSR count). The molecule has 0 aromatic carbocycles. The summed E-state index contributed by atoms with van der Waals surface area (Å²) < 4.78 is 0. The number of allylic oxidation sites excluding steroid dienone is 2. The van der Waals surface area contributed by atoms with E-state index in [0.717, 1.165) is 19.3 Å². The van der Waals surface area contributed by atoms with Crippen LogP contribution in [-0.4, -0.2) is 46.1 Å². The van der Waals surface area contributed by atoms with E-state index in [9.17, 15) is 20.1 Å². The maximum absolute atomic E-state index is 12.3. The summed E-state index contributed by atoms with van der Waals surface area (Å²) in [5.74, 6) is -0.505. The van der Waals surface area contributed by atoms with E-state index in [1.54, 1.807) is 0 Å². The molecule has 0 heterocycles. The third-order valence-corrected chi connectivity index (χ3v) is 9.89. The lowest BCUT2D eigenvalue weighted by molar-refractivity contribution is -0.131. The van der Waals surface area contributed by atoms with Crippen molar-refractivity contribution in [2.75, 3.05) is 6.61 Å². The van der Waals surface area contributed by atoms with Crippen molar-refractivity contribution in [2.24, 2.45) is 0 Å². The molecule has 0 aromatic heterocycles. The average Bonchev–Trinajstić information content (AvgIpc) is 3.07. The van der Waals surface area contributed by atoms with E-state index >= 15 is 0 Å². The number of rotatable bonds is 38. The summed E-state index contributed by atoms with van der Waals surface area (Å²) in [7, 11) is 0. The molecule has 0 aromatic rings. The molecule has 0 spiro atoms. The number of hydrogen-bond donors (Lipinski definition) is 4. The number of hydrogen-bond acceptors (Lipinski definition) is 4. The second-order valence-corrected chi connectivity index (χ2v) is 14.6. The van der Waals surface area contributed by atoms with E-state index in [1.165, 1.54) is 173 Å². The lowest BCUT2D eigenvalue weighted by Gasteiger charge is -2.23. The van der Waals surface area contributed by atoms with Crippen LogP contribution >= 0.6 is 0 Å². The van der Waals surface area contributed by atoms with Gasteiger partial charge in [0.25, 0.3) is 0 Å². The summed E-state index contributed by atoms with van der Waals surface area (Å²) >= 11 is 0. The number of unbranched alkanes of at least 4 members (excludes halogenated alkanes) is 28. The molecule has 0 bridgehead atoms. The maximum atomic E-state index is 12.3.